The SMILES string of the molecule is CC(C)N1CN([C@@H]2O[C@H](CO)[C@@H](O)[C@H]2O)c2nc(N)[nH]c(=O)c21. The molecule has 0 aromatic carbocycles. The van der Waals surface area contributed by atoms with Gasteiger partial charge in [-0.05, 0) is 13.8 Å². The van der Waals surface area contributed by atoms with Crippen molar-refractivity contribution in [2.75, 3.05) is 28.8 Å². The second-order valence-electron chi connectivity index (χ2n) is 6.03. The number of aromatic nitrogens is 2. The van der Waals surface area contributed by atoms with Gasteiger partial charge < -0.3 is 35.6 Å². The fourth-order valence-corrected chi connectivity index (χ4v) is 2.99. The van der Waals surface area contributed by atoms with Crippen molar-refractivity contribution in [2.45, 2.75) is 44.4 Å². The molecule has 6 N–H and O–H groups in total. The standard InChI is InChI=1S/C13H21N5O5/c1-5(2)17-4-18(10-7(17)11(22)16-13(14)15-10)12-9(21)8(20)6(3-19)23-12/h5-6,8-9,12,19-21H,3-4H2,1-2H3,(H3,14,15,16,22)/t6-,8-,9-,12-/m1/s1. The minimum absolute atomic E-state index is 0.00221. The first-order valence-electron chi connectivity index (χ1n) is 7.40. The van der Waals surface area contributed by atoms with Gasteiger partial charge in [-0.3, -0.25) is 9.78 Å². The molecule has 0 amide bonds. The number of aliphatic hydroxyl groups excluding tert-OH is 3. The average Bonchev–Trinajstić information content (AvgIpc) is 2.99. The van der Waals surface area contributed by atoms with Crippen LogP contribution in [0.15, 0.2) is 4.79 Å². The summed E-state index contributed by atoms with van der Waals surface area (Å²) >= 11 is 0. The molecule has 3 rings (SSSR count). The normalized spacial score (nSPS) is 30.3. The summed E-state index contributed by atoms with van der Waals surface area (Å²) in [7, 11) is 0. The highest BCUT2D eigenvalue weighted by Gasteiger charge is 2.48. The molecule has 0 bridgehead atoms. The molecule has 3 heterocycles. The lowest BCUT2D eigenvalue weighted by molar-refractivity contribution is -0.0222. The molecule has 0 unspecified atom stereocenters. The quantitative estimate of drug-likeness (QED) is 0.416. The number of rotatable bonds is 3. The van der Waals surface area contributed by atoms with Gasteiger partial charge in [-0.25, -0.2) is 0 Å². The molecule has 4 atom stereocenters. The van der Waals surface area contributed by atoms with Crippen LogP contribution in [0.25, 0.3) is 0 Å². The Labute approximate surface area is 132 Å². The number of nitrogens with two attached hydrogens (primary N) is 1. The number of fused-ring (bicyclic) bond motifs is 1. The number of H-pyrrole nitrogens is 1. The molecular formula is C13H21N5O5. The van der Waals surface area contributed by atoms with Crippen molar-refractivity contribution in [3.63, 3.8) is 0 Å². The van der Waals surface area contributed by atoms with Crippen molar-refractivity contribution in [3.05, 3.63) is 10.4 Å². The van der Waals surface area contributed by atoms with Crippen molar-refractivity contribution in [2.24, 2.45) is 0 Å². The third-order valence-corrected chi connectivity index (χ3v) is 4.21. The number of hydrogen-bond donors (Lipinski definition) is 5. The molecule has 1 aromatic heterocycles. The number of nitrogens with one attached hydrogen (secondary N) is 1. The maximum atomic E-state index is 12.2. The fraction of sp³-hybridized carbons (Fsp3) is 0.692. The maximum absolute atomic E-state index is 12.2. The van der Waals surface area contributed by atoms with Crippen LogP contribution in [0.4, 0.5) is 17.5 Å². The summed E-state index contributed by atoms with van der Waals surface area (Å²) in [5, 5.41) is 29.4. The lowest BCUT2D eigenvalue weighted by Gasteiger charge is -2.29. The number of aromatic amines is 1. The van der Waals surface area contributed by atoms with Gasteiger partial charge in [0.05, 0.1) is 13.3 Å². The first-order valence-corrected chi connectivity index (χ1v) is 7.40. The molecule has 1 saturated heterocycles. The van der Waals surface area contributed by atoms with Crippen LogP contribution in [0.2, 0.25) is 0 Å². The molecule has 128 valence electrons. The van der Waals surface area contributed by atoms with E-state index in [-0.39, 0.29) is 30.0 Å². The van der Waals surface area contributed by atoms with E-state index in [2.05, 4.69) is 9.97 Å². The van der Waals surface area contributed by atoms with Gasteiger partial charge in [-0.1, -0.05) is 0 Å². The Hall–Kier alpha value is -1.88. The average molecular weight is 327 g/mol. The molecule has 2 aliphatic rings. The van der Waals surface area contributed by atoms with Crippen molar-refractivity contribution in [3.8, 4) is 0 Å². The Kier molecular flexibility index (Phi) is 3.92. The summed E-state index contributed by atoms with van der Waals surface area (Å²) in [6, 6.07) is 0.00221. The highest BCUT2D eigenvalue weighted by atomic mass is 16.6. The Morgan fingerprint density at radius 1 is 1.43 bits per heavy atom. The zero-order chi connectivity index (χ0) is 16.9. The zero-order valence-corrected chi connectivity index (χ0v) is 12.9. The highest BCUT2D eigenvalue weighted by molar-refractivity contribution is 5.73. The first kappa shape index (κ1) is 16.0. The van der Waals surface area contributed by atoms with Crippen LogP contribution < -0.4 is 21.1 Å². The lowest BCUT2D eigenvalue weighted by Crippen LogP contribution is -2.47. The van der Waals surface area contributed by atoms with Crippen molar-refractivity contribution in [1.82, 2.24) is 9.97 Å². The van der Waals surface area contributed by atoms with Gasteiger partial charge in [0.1, 0.15) is 24.0 Å². The summed E-state index contributed by atoms with van der Waals surface area (Å²) in [6.45, 7) is 3.66. The number of aliphatic hydroxyl groups is 3. The Balaban J connectivity index is 2.02. The van der Waals surface area contributed by atoms with E-state index >= 15 is 0 Å². The number of ether oxygens (including phenoxy) is 1. The number of nitrogens with zero attached hydrogens (tertiary/aromatic N) is 3. The summed E-state index contributed by atoms with van der Waals surface area (Å²) < 4.78 is 5.54. The fourth-order valence-electron chi connectivity index (χ4n) is 2.99. The van der Waals surface area contributed by atoms with E-state index in [1.54, 1.807) is 9.80 Å². The Morgan fingerprint density at radius 2 is 2.13 bits per heavy atom. The minimum atomic E-state index is -1.24. The van der Waals surface area contributed by atoms with E-state index in [9.17, 15) is 20.1 Å². The summed E-state index contributed by atoms with van der Waals surface area (Å²) in [5.74, 6) is 0.242. The molecule has 0 aliphatic carbocycles. The second-order valence-corrected chi connectivity index (χ2v) is 6.03. The molecule has 10 heteroatoms. The Bertz CT molecular complexity index is 650. The molecule has 0 saturated carbocycles. The predicted octanol–water partition coefficient (Wildman–Crippen LogP) is -2.22. The van der Waals surface area contributed by atoms with Gasteiger partial charge in [0.2, 0.25) is 5.95 Å². The molecule has 10 nitrogen and oxygen atoms in total. The van der Waals surface area contributed by atoms with E-state index in [0.29, 0.717) is 5.69 Å². The van der Waals surface area contributed by atoms with E-state index in [4.69, 9.17) is 10.5 Å². The lowest BCUT2D eigenvalue weighted by atomic mass is 10.1. The molecule has 0 spiro atoms. The third kappa shape index (κ3) is 2.43. The monoisotopic (exact) mass is 327 g/mol. The van der Waals surface area contributed by atoms with Crippen molar-refractivity contribution in [1.29, 1.82) is 0 Å². The number of anilines is 3. The maximum Gasteiger partial charge on any atom is 0.278 e. The predicted molar refractivity (Wildman–Crippen MR) is 82.0 cm³/mol. The first-order chi connectivity index (χ1) is 10.8. The molecular weight excluding hydrogens is 306 g/mol. The third-order valence-electron chi connectivity index (χ3n) is 4.21. The van der Waals surface area contributed by atoms with Crippen molar-refractivity contribution >= 4 is 17.5 Å². The van der Waals surface area contributed by atoms with Crippen LogP contribution >= 0.6 is 0 Å². The van der Waals surface area contributed by atoms with Gasteiger partial charge in [0.15, 0.2) is 12.0 Å². The number of hydrogen-bond acceptors (Lipinski definition) is 9. The summed E-state index contributed by atoms with van der Waals surface area (Å²) in [5.41, 5.74) is 5.59. The second kappa shape index (κ2) is 5.64. The van der Waals surface area contributed by atoms with Crippen LogP contribution in [0, 0.1) is 0 Å². The van der Waals surface area contributed by atoms with Crippen LogP contribution in [-0.2, 0) is 4.74 Å². The van der Waals surface area contributed by atoms with Crippen LogP contribution in [0.1, 0.15) is 13.8 Å². The van der Waals surface area contributed by atoms with E-state index < -0.39 is 31.1 Å². The zero-order valence-electron chi connectivity index (χ0n) is 12.9. The van der Waals surface area contributed by atoms with Crippen molar-refractivity contribution < 1.29 is 20.1 Å². The van der Waals surface area contributed by atoms with E-state index in [1.165, 1.54) is 0 Å². The van der Waals surface area contributed by atoms with Gasteiger partial charge in [0, 0.05) is 6.04 Å². The van der Waals surface area contributed by atoms with Gasteiger partial charge in [0.25, 0.3) is 5.56 Å². The van der Waals surface area contributed by atoms with E-state index in [1.807, 2.05) is 13.8 Å². The molecule has 2 aliphatic heterocycles. The largest absolute Gasteiger partial charge is 0.394 e. The van der Waals surface area contributed by atoms with Crippen LogP contribution in [0.5, 0.6) is 0 Å². The molecule has 0 radical (unpaired) electrons. The van der Waals surface area contributed by atoms with Gasteiger partial charge in [-0.15, -0.1) is 0 Å². The van der Waals surface area contributed by atoms with Gasteiger partial charge >= 0.3 is 0 Å². The molecule has 23 heavy (non-hydrogen) atoms. The van der Waals surface area contributed by atoms with Crippen LogP contribution in [0.3, 0.4) is 0 Å². The topological polar surface area (TPSA) is 148 Å². The van der Waals surface area contributed by atoms with Gasteiger partial charge in [-0.2, -0.15) is 4.98 Å². The summed E-state index contributed by atoms with van der Waals surface area (Å²) in [4.78, 5) is 22.2. The van der Waals surface area contributed by atoms with E-state index in [0.717, 1.165) is 0 Å². The minimum Gasteiger partial charge on any atom is -0.394 e. The smallest absolute Gasteiger partial charge is 0.278 e. The highest BCUT2D eigenvalue weighted by Crippen LogP contribution is 2.37. The molecule has 1 aromatic rings. The van der Waals surface area contributed by atoms with Crippen LogP contribution in [-0.4, -0.2) is 69.1 Å². The molecule has 1 fully saturated rings. The summed E-state index contributed by atoms with van der Waals surface area (Å²) in [6.07, 6.45) is -4.29. The Morgan fingerprint density at radius 3 is 2.70 bits per heavy atom. The number of nitrogen functional groups attached to an aromatic ring is 1.